The van der Waals surface area contributed by atoms with Crippen LogP contribution in [0.2, 0.25) is 0 Å². The van der Waals surface area contributed by atoms with Crippen molar-refractivity contribution in [3.8, 4) is 0 Å². The standard InChI is InChI=1S/C19H38O3/c1-2-3-4-5-6-7-8-9-10-11-12-13-14-15-18(21)19(22)16-17-20/h18,20-21H,2-17H2,1H3. The van der Waals surface area contributed by atoms with Gasteiger partial charge in [0.15, 0.2) is 5.78 Å². The topological polar surface area (TPSA) is 57.5 Å². The molecular formula is C19H38O3. The fourth-order valence-corrected chi connectivity index (χ4v) is 2.79. The first-order valence-electron chi connectivity index (χ1n) is 9.54. The Morgan fingerprint density at radius 3 is 1.59 bits per heavy atom. The Morgan fingerprint density at radius 1 is 0.773 bits per heavy atom. The van der Waals surface area contributed by atoms with E-state index in [4.69, 9.17) is 5.11 Å². The van der Waals surface area contributed by atoms with Crippen LogP contribution < -0.4 is 0 Å². The van der Waals surface area contributed by atoms with Crippen LogP contribution in [0.3, 0.4) is 0 Å². The van der Waals surface area contributed by atoms with E-state index in [1.54, 1.807) is 0 Å². The zero-order chi connectivity index (χ0) is 16.5. The number of aliphatic hydroxyl groups is 2. The molecule has 0 rings (SSSR count). The van der Waals surface area contributed by atoms with Crippen molar-refractivity contribution in [2.24, 2.45) is 0 Å². The predicted octanol–water partition coefficient (Wildman–Crippen LogP) is 4.78. The van der Waals surface area contributed by atoms with E-state index in [0.29, 0.717) is 6.42 Å². The van der Waals surface area contributed by atoms with Crippen molar-refractivity contribution in [3.63, 3.8) is 0 Å². The summed E-state index contributed by atoms with van der Waals surface area (Å²) in [6, 6.07) is 0. The first-order valence-corrected chi connectivity index (χ1v) is 9.54. The van der Waals surface area contributed by atoms with Gasteiger partial charge in [-0.1, -0.05) is 90.4 Å². The number of hydrogen-bond acceptors (Lipinski definition) is 3. The quantitative estimate of drug-likeness (QED) is 0.380. The second-order valence-corrected chi connectivity index (χ2v) is 6.49. The van der Waals surface area contributed by atoms with Gasteiger partial charge in [0.1, 0.15) is 6.10 Å². The Bertz CT molecular complexity index is 241. The van der Waals surface area contributed by atoms with Crippen LogP contribution in [0.25, 0.3) is 0 Å². The molecule has 0 aromatic heterocycles. The summed E-state index contributed by atoms with van der Waals surface area (Å²) in [4.78, 5) is 11.3. The Morgan fingerprint density at radius 2 is 1.18 bits per heavy atom. The fraction of sp³-hybridized carbons (Fsp3) is 0.947. The van der Waals surface area contributed by atoms with Crippen molar-refractivity contribution >= 4 is 5.78 Å². The molecule has 0 heterocycles. The first kappa shape index (κ1) is 21.6. The lowest BCUT2D eigenvalue weighted by Gasteiger charge is -2.08. The molecule has 1 atom stereocenters. The van der Waals surface area contributed by atoms with Crippen LogP contribution in [0, 0.1) is 0 Å². The van der Waals surface area contributed by atoms with E-state index in [1.165, 1.54) is 70.6 Å². The van der Waals surface area contributed by atoms with Gasteiger partial charge < -0.3 is 10.2 Å². The number of hydrogen-bond donors (Lipinski definition) is 2. The molecule has 0 saturated heterocycles. The van der Waals surface area contributed by atoms with Gasteiger partial charge in [-0.25, -0.2) is 0 Å². The third-order valence-corrected chi connectivity index (χ3v) is 4.31. The van der Waals surface area contributed by atoms with E-state index in [1.807, 2.05) is 0 Å². The van der Waals surface area contributed by atoms with Gasteiger partial charge >= 0.3 is 0 Å². The van der Waals surface area contributed by atoms with Gasteiger partial charge in [0.25, 0.3) is 0 Å². The molecule has 2 N–H and O–H groups in total. The van der Waals surface area contributed by atoms with Crippen LogP contribution in [0.15, 0.2) is 0 Å². The fourth-order valence-electron chi connectivity index (χ4n) is 2.79. The highest BCUT2D eigenvalue weighted by Crippen LogP contribution is 2.13. The minimum Gasteiger partial charge on any atom is -0.396 e. The molecule has 0 saturated carbocycles. The maximum absolute atomic E-state index is 11.3. The molecule has 0 aliphatic carbocycles. The average molecular weight is 315 g/mol. The van der Waals surface area contributed by atoms with Crippen LogP contribution in [0.5, 0.6) is 0 Å². The summed E-state index contributed by atoms with van der Waals surface area (Å²) in [7, 11) is 0. The molecular weight excluding hydrogens is 276 g/mol. The smallest absolute Gasteiger partial charge is 0.163 e. The van der Waals surface area contributed by atoms with Crippen molar-refractivity contribution in [3.05, 3.63) is 0 Å². The van der Waals surface area contributed by atoms with Crippen LogP contribution in [-0.4, -0.2) is 28.7 Å². The normalized spacial score (nSPS) is 12.5. The Balaban J connectivity index is 3.15. The average Bonchev–Trinajstić information content (AvgIpc) is 2.51. The number of carbonyl (C=O) groups is 1. The molecule has 1 unspecified atom stereocenters. The summed E-state index contributed by atoms with van der Waals surface area (Å²) >= 11 is 0. The highest BCUT2D eigenvalue weighted by Gasteiger charge is 2.13. The minimum absolute atomic E-state index is 0.0829. The van der Waals surface area contributed by atoms with Crippen LogP contribution in [0.1, 0.15) is 103 Å². The van der Waals surface area contributed by atoms with Crippen LogP contribution in [0.4, 0.5) is 0 Å². The Labute approximate surface area is 137 Å². The summed E-state index contributed by atoms with van der Waals surface area (Å²) in [5, 5.41) is 18.2. The van der Waals surface area contributed by atoms with Crippen molar-refractivity contribution < 1.29 is 15.0 Å². The second-order valence-electron chi connectivity index (χ2n) is 6.49. The number of aliphatic hydroxyl groups excluding tert-OH is 2. The maximum Gasteiger partial charge on any atom is 0.163 e. The molecule has 3 nitrogen and oxygen atoms in total. The first-order chi connectivity index (χ1) is 10.7. The summed E-state index contributed by atoms with van der Waals surface area (Å²) < 4.78 is 0. The molecule has 0 aromatic rings. The molecule has 0 fully saturated rings. The second kappa shape index (κ2) is 17.0. The highest BCUT2D eigenvalue weighted by atomic mass is 16.3. The van der Waals surface area contributed by atoms with Crippen molar-refractivity contribution in [1.29, 1.82) is 0 Å². The van der Waals surface area contributed by atoms with E-state index in [-0.39, 0.29) is 18.8 Å². The van der Waals surface area contributed by atoms with Gasteiger partial charge in [0, 0.05) is 6.42 Å². The van der Waals surface area contributed by atoms with Crippen molar-refractivity contribution in [1.82, 2.24) is 0 Å². The summed E-state index contributed by atoms with van der Waals surface area (Å²) in [5.41, 5.74) is 0. The lowest BCUT2D eigenvalue weighted by molar-refractivity contribution is -0.128. The molecule has 0 amide bonds. The third kappa shape index (κ3) is 14.5. The molecule has 0 radical (unpaired) electrons. The zero-order valence-corrected chi connectivity index (χ0v) is 14.7. The highest BCUT2D eigenvalue weighted by molar-refractivity contribution is 5.82. The van der Waals surface area contributed by atoms with Crippen LogP contribution >= 0.6 is 0 Å². The lowest BCUT2D eigenvalue weighted by Crippen LogP contribution is -2.20. The molecule has 3 heteroatoms. The van der Waals surface area contributed by atoms with Crippen molar-refractivity contribution in [2.45, 2.75) is 109 Å². The van der Waals surface area contributed by atoms with Gasteiger partial charge in [-0.2, -0.15) is 0 Å². The third-order valence-electron chi connectivity index (χ3n) is 4.31. The van der Waals surface area contributed by atoms with Crippen molar-refractivity contribution in [2.75, 3.05) is 6.61 Å². The van der Waals surface area contributed by atoms with Gasteiger partial charge in [-0.3, -0.25) is 4.79 Å². The Kier molecular flexibility index (Phi) is 16.6. The zero-order valence-electron chi connectivity index (χ0n) is 14.7. The monoisotopic (exact) mass is 314 g/mol. The molecule has 22 heavy (non-hydrogen) atoms. The van der Waals surface area contributed by atoms with Crippen LogP contribution in [-0.2, 0) is 4.79 Å². The molecule has 0 bridgehead atoms. The molecule has 0 aliphatic rings. The number of unbranched alkanes of at least 4 members (excludes halogenated alkanes) is 12. The summed E-state index contributed by atoms with van der Waals surface area (Å²) in [6.07, 6.45) is 16.6. The SMILES string of the molecule is CCCCCCCCCCCCCCCC(O)C(=O)CCO. The van der Waals surface area contributed by atoms with E-state index in [0.717, 1.165) is 12.8 Å². The molecule has 132 valence electrons. The van der Waals surface area contributed by atoms with Gasteiger partial charge in [-0.15, -0.1) is 0 Å². The van der Waals surface area contributed by atoms with Gasteiger partial charge in [0.05, 0.1) is 6.61 Å². The van der Waals surface area contributed by atoms with E-state index < -0.39 is 6.10 Å². The van der Waals surface area contributed by atoms with Gasteiger partial charge in [0.2, 0.25) is 0 Å². The maximum atomic E-state index is 11.3. The van der Waals surface area contributed by atoms with E-state index in [9.17, 15) is 9.90 Å². The lowest BCUT2D eigenvalue weighted by atomic mass is 10.0. The van der Waals surface area contributed by atoms with E-state index in [2.05, 4.69) is 6.92 Å². The Hall–Kier alpha value is -0.410. The van der Waals surface area contributed by atoms with E-state index >= 15 is 0 Å². The molecule has 0 aromatic carbocycles. The predicted molar refractivity (Wildman–Crippen MR) is 93.0 cm³/mol. The molecule has 0 spiro atoms. The number of Topliss-reactive ketones (excluding diaryl/α,β-unsaturated/α-hetero) is 1. The summed E-state index contributed by atoms with van der Waals surface area (Å²) in [6.45, 7) is 2.10. The van der Waals surface area contributed by atoms with Gasteiger partial charge in [-0.05, 0) is 6.42 Å². The minimum atomic E-state index is -0.861. The number of rotatable bonds is 17. The number of carbonyl (C=O) groups excluding carboxylic acids is 1. The number of ketones is 1. The molecule has 0 aliphatic heterocycles. The largest absolute Gasteiger partial charge is 0.396 e. The summed E-state index contributed by atoms with van der Waals surface area (Å²) in [5.74, 6) is -0.221.